The van der Waals surface area contributed by atoms with Gasteiger partial charge in [0.05, 0.1) is 11.4 Å². The minimum absolute atomic E-state index is 0.0522. The van der Waals surface area contributed by atoms with Crippen LogP contribution < -0.4 is 4.72 Å². The summed E-state index contributed by atoms with van der Waals surface area (Å²) in [6.07, 6.45) is -0.604. The monoisotopic (exact) mass is 323 g/mol. The Hall–Kier alpha value is -0.470. The van der Waals surface area contributed by atoms with Crippen molar-refractivity contribution in [1.82, 2.24) is 4.72 Å². The van der Waals surface area contributed by atoms with Crippen LogP contribution >= 0.6 is 15.9 Å². The van der Waals surface area contributed by atoms with E-state index in [0.717, 1.165) is 0 Å². The summed E-state index contributed by atoms with van der Waals surface area (Å²) >= 11 is 3.19. The number of ether oxygens (including phenoxy) is 2. The van der Waals surface area contributed by atoms with Gasteiger partial charge in [-0.05, 0) is 28.1 Å². The van der Waals surface area contributed by atoms with E-state index in [1.807, 2.05) is 0 Å². The summed E-state index contributed by atoms with van der Waals surface area (Å²) in [6, 6.07) is 6.58. The molecule has 0 spiro atoms. The predicted octanol–water partition coefficient (Wildman–Crippen LogP) is 1.35. The maximum Gasteiger partial charge on any atom is 0.241 e. The molecular formula is C10H14BrNO4S. The van der Waals surface area contributed by atoms with Gasteiger partial charge in [-0.2, -0.15) is 0 Å². The fourth-order valence-electron chi connectivity index (χ4n) is 1.18. The lowest BCUT2D eigenvalue weighted by Crippen LogP contribution is -2.34. The highest BCUT2D eigenvalue weighted by molar-refractivity contribution is 9.10. The fraction of sp³-hybridized carbons (Fsp3) is 0.400. The van der Waals surface area contributed by atoms with Gasteiger partial charge < -0.3 is 9.47 Å². The van der Waals surface area contributed by atoms with Gasteiger partial charge in [-0.3, -0.25) is 0 Å². The van der Waals surface area contributed by atoms with E-state index in [9.17, 15) is 8.42 Å². The van der Waals surface area contributed by atoms with Crippen molar-refractivity contribution in [1.29, 1.82) is 0 Å². The van der Waals surface area contributed by atoms with Gasteiger partial charge in [0.25, 0.3) is 0 Å². The summed E-state index contributed by atoms with van der Waals surface area (Å²) in [6.45, 7) is 0.0522. The van der Waals surface area contributed by atoms with Crippen molar-refractivity contribution in [3.05, 3.63) is 28.7 Å². The SMILES string of the molecule is COC(CNS(=O)(=O)c1ccccc1Br)OC. The standard InChI is InChI=1S/C10H14BrNO4S/c1-15-10(16-2)7-12-17(13,14)9-6-4-3-5-8(9)11/h3-6,10,12H,7H2,1-2H3. The summed E-state index contributed by atoms with van der Waals surface area (Å²) in [5, 5.41) is 0. The van der Waals surface area contributed by atoms with Gasteiger partial charge in [-0.25, -0.2) is 13.1 Å². The molecule has 7 heteroatoms. The highest BCUT2D eigenvalue weighted by Crippen LogP contribution is 2.20. The number of nitrogens with one attached hydrogen (secondary N) is 1. The first-order chi connectivity index (χ1) is 8.01. The van der Waals surface area contributed by atoms with Crippen LogP contribution in [0.25, 0.3) is 0 Å². The molecule has 17 heavy (non-hydrogen) atoms. The zero-order valence-electron chi connectivity index (χ0n) is 9.51. The van der Waals surface area contributed by atoms with Crippen molar-refractivity contribution < 1.29 is 17.9 Å². The number of hydrogen-bond donors (Lipinski definition) is 1. The van der Waals surface area contributed by atoms with Crippen LogP contribution in [0.3, 0.4) is 0 Å². The molecule has 0 saturated carbocycles. The van der Waals surface area contributed by atoms with Crippen molar-refractivity contribution in [3.63, 3.8) is 0 Å². The van der Waals surface area contributed by atoms with Crippen LogP contribution in [-0.4, -0.2) is 35.5 Å². The van der Waals surface area contributed by atoms with Gasteiger partial charge in [0.15, 0.2) is 6.29 Å². The Morgan fingerprint density at radius 1 is 1.29 bits per heavy atom. The molecular weight excluding hydrogens is 310 g/mol. The van der Waals surface area contributed by atoms with Gasteiger partial charge in [-0.1, -0.05) is 12.1 Å². The van der Waals surface area contributed by atoms with Gasteiger partial charge >= 0.3 is 0 Å². The van der Waals surface area contributed by atoms with E-state index in [2.05, 4.69) is 20.7 Å². The molecule has 1 aromatic rings. The molecule has 0 fully saturated rings. The van der Waals surface area contributed by atoms with Gasteiger partial charge in [0.2, 0.25) is 10.0 Å². The third-order valence-electron chi connectivity index (χ3n) is 2.09. The number of rotatable bonds is 6. The third kappa shape index (κ3) is 4.04. The van der Waals surface area contributed by atoms with Crippen LogP contribution in [-0.2, 0) is 19.5 Å². The molecule has 0 aliphatic rings. The molecule has 0 bridgehead atoms. The molecule has 0 saturated heterocycles. The van der Waals surface area contributed by atoms with E-state index < -0.39 is 16.3 Å². The highest BCUT2D eigenvalue weighted by atomic mass is 79.9. The average Bonchev–Trinajstić information content (AvgIpc) is 2.30. The van der Waals surface area contributed by atoms with Crippen molar-refractivity contribution in [2.45, 2.75) is 11.2 Å². The summed E-state index contributed by atoms with van der Waals surface area (Å²) in [4.78, 5) is 0.186. The Morgan fingerprint density at radius 2 is 1.88 bits per heavy atom. The first-order valence-electron chi connectivity index (χ1n) is 4.81. The lowest BCUT2D eigenvalue weighted by Gasteiger charge is -2.14. The largest absolute Gasteiger partial charge is 0.355 e. The maximum atomic E-state index is 11.9. The van der Waals surface area contributed by atoms with Crippen molar-refractivity contribution >= 4 is 26.0 Å². The zero-order chi connectivity index (χ0) is 12.9. The van der Waals surface area contributed by atoms with Crippen LogP contribution in [0.2, 0.25) is 0 Å². The van der Waals surface area contributed by atoms with E-state index in [4.69, 9.17) is 9.47 Å². The first-order valence-corrected chi connectivity index (χ1v) is 7.08. The van der Waals surface area contributed by atoms with Crippen molar-refractivity contribution in [2.24, 2.45) is 0 Å². The Kier molecular flexibility index (Phi) is 5.54. The summed E-state index contributed by atoms with van der Waals surface area (Å²) in [7, 11) is -0.672. The van der Waals surface area contributed by atoms with Crippen molar-refractivity contribution in [3.8, 4) is 0 Å². The van der Waals surface area contributed by atoms with E-state index in [0.29, 0.717) is 4.47 Å². The minimum Gasteiger partial charge on any atom is -0.355 e. The number of benzene rings is 1. The molecule has 0 aliphatic carbocycles. The Labute approximate surface area is 109 Å². The molecule has 0 amide bonds. The van der Waals surface area contributed by atoms with Crippen LogP contribution in [0.5, 0.6) is 0 Å². The Balaban J connectivity index is 2.80. The van der Waals surface area contributed by atoms with Gasteiger partial charge in [-0.15, -0.1) is 0 Å². The van der Waals surface area contributed by atoms with Crippen LogP contribution in [0.1, 0.15) is 0 Å². The summed E-state index contributed by atoms with van der Waals surface area (Å²) < 4.78 is 36.6. The van der Waals surface area contributed by atoms with E-state index in [1.165, 1.54) is 20.3 Å². The smallest absolute Gasteiger partial charge is 0.241 e. The number of halogens is 1. The first kappa shape index (κ1) is 14.6. The lowest BCUT2D eigenvalue weighted by molar-refractivity contribution is -0.0960. The lowest BCUT2D eigenvalue weighted by atomic mass is 10.4. The average molecular weight is 324 g/mol. The number of methoxy groups -OCH3 is 2. The second-order valence-electron chi connectivity index (χ2n) is 3.18. The van der Waals surface area contributed by atoms with Gasteiger partial charge in [0, 0.05) is 18.7 Å². The second kappa shape index (κ2) is 6.46. The fourth-order valence-corrected chi connectivity index (χ4v) is 3.20. The molecule has 0 unspecified atom stereocenters. The topological polar surface area (TPSA) is 64.6 Å². The normalized spacial score (nSPS) is 12.0. The number of hydrogen-bond acceptors (Lipinski definition) is 4. The molecule has 0 heterocycles. The molecule has 0 atom stereocenters. The molecule has 0 radical (unpaired) electrons. The Morgan fingerprint density at radius 3 is 2.41 bits per heavy atom. The van der Waals surface area contributed by atoms with E-state index in [-0.39, 0.29) is 11.4 Å². The minimum atomic E-state index is -3.56. The van der Waals surface area contributed by atoms with E-state index in [1.54, 1.807) is 18.2 Å². The quantitative estimate of drug-likeness (QED) is 0.802. The maximum absolute atomic E-state index is 11.9. The molecule has 0 aliphatic heterocycles. The van der Waals surface area contributed by atoms with Crippen molar-refractivity contribution in [2.75, 3.05) is 20.8 Å². The van der Waals surface area contributed by atoms with Gasteiger partial charge in [0.1, 0.15) is 0 Å². The Bertz CT molecular complexity index is 459. The molecule has 96 valence electrons. The third-order valence-corrected chi connectivity index (χ3v) is 4.53. The van der Waals surface area contributed by atoms with Crippen LogP contribution in [0.15, 0.2) is 33.6 Å². The predicted molar refractivity (Wildman–Crippen MR) is 67.1 cm³/mol. The van der Waals surface area contributed by atoms with Crippen LogP contribution in [0.4, 0.5) is 0 Å². The molecule has 1 N–H and O–H groups in total. The second-order valence-corrected chi connectivity index (χ2v) is 5.77. The van der Waals surface area contributed by atoms with E-state index >= 15 is 0 Å². The zero-order valence-corrected chi connectivity index (χ0v) is 11.9. The molecule has 5 nitrogen and oxygen atoms in total. The molecule has 1 rings (SSSR count). The molecule has 1 aromatic carbocycles. The number of sulfonamides is 1. The van der Waals surface area contributed by atoms with Crippen LogP contribution in [0, 0.1) is 0 Å². The summed E-state index contributed by atoms with van der Waals surface area (Å²) in [5.74, 6) is 0. The highest BCUT2D eigenvalue weighted by Gasteiger charge is 2.18. The molecule has 0 aromatic heterocycles. The summed E-state index contributed by atoms with van der Waals surface area (Å²) in [5.41, 5.74) is 0.